The number of hydrogen-bond acceptors (Lipinski definition) is 4. The largest absolute Gasteiger partial charge is 0.379 e. The second kappa shape index (κ2) is 9.68. The van der Waals surface area contributed by atoms with E-state index in [0.717, 1.165) is 42.7 Å². The SMILES string of the molecule is CCCC(=O)N(Cc1ccc(OS(=O)(=O)c2ccc(F)cc2)cc1)C(C)CC. The van der Waals surface area contributed by atoms with Crippen LogP contribution in [0.15, 0.2) is 53.4 Å². The first-order valence-corrected chi connectivity index (χ1v) is 10.8. The summed E-state index contributed by atoms with van der Waals surface area (Å²) in [6.45, 7) is 6.48. The molecule has 5 nitrogen and oxygen atoms in total. The summed E-state index contributed by atoms with van der Waals surface area (Å²) < 4.78 is 42.6. The van der Waals surface area contributed by atoms with E-state index in [0.29, 0.717) is 13.0 Å². The van der Waals surface area contributed by atoms with Crippen molar-refractivity contribution in [3.8, 4) is 5.75 Å². The third kappa shape index (κ3) is 5.79. The van der Waals surface area contributed by atoms with Gasteiger partial charge in [-0.05, 0) is 61.7 Å². The molecule has 0 radical (unpaired) electrons. The maximum atomic E-state index is 13.0. The Morgan fingerprint density at radius 1 is 1.07 bits per heavy atom. The van der Waals surface area contributed by atoms with Crippen LogP contribution in [-0.4, -0.2) is 25.3 Å². The minimum atomic E-state index is -4.04. The van der Waals surface area contributed by atoms with Crippen LogP contribution in [0.1, 0.15) is 45.6 Å². The van der Waals surface area contributed by atoms with E-state index in [9.17, 15) is 17.6 Å². The van der Waals surface area contributed by atoms with Crippen molar-refractivity contribution in [3.05, 3.63) is 59.9 Å². The molecular weight excluding hydrogens is 381 g/mol. The van der Waals surface area contributed by atoms with Gasteiger partial charge in [0.05, 0.1) is 0 Å². The summed E-state index contributed by atoms with van der Waals surface area (Å²) in [7, 11) is -4.04. The van der Waals surface area contributed by atoms with E-state index in [2.05, 4.69) is 0 Å². The lowest BCUT2D eigenvalue weighted by Crippen LogP contribution is -2.37. The molecule has 28 heavy (non-hydrogen) atoms. The van der Waals surface area contributed by atoms with Crippen LogP contribution < -0.4 is 4.18 Å². The quantitative estimate of drug-likeness (QED) is 0.573. The minimum absolute atomic E-state index is 0.107. The summed E-state index contributed by atoms with van der Waals surface area (Å²) in [5.41, 5.74) is 0.885. The molecule has 7 heteroatoms. The van der Waals surface area contributed by atoms with Crippen molar-refractivity contribution in [3.63, 3.8) is 0 Å². The van der Waals surface area contributed by atoms with E-state index in [4.69, 9.17) is 4.18 Å². The highest BCUT2D eigenvalue weighted by Gasteiger charge is 2.19. The van der Waals surface area contributed by atoms with E-state index in [1.54, 1.807) is 24.3 Å². The molecule has 0 N–H and O–H groups in total. The van der Waals surface area contributed by atoms with Crippen LogP contribution in [0.3, 0.4) is 0 Å². The number of nitrogens with zero attached hydrogens (tertiary/aromatic N) is 1. The van der Waals surface area contributed by atoms with Gasteiger partial charge in [0.15, 0.2) is 0 Å². The molecule has 152 valence electrons. The molecule has 0 spiro atoms. The maximum absolute atomic E-state index is 13.0. The monoisotopic (exact) mass is 407 g/mol. The Kier molecular flexibility index (Phi) is 7.57. The van der Waals surface area contributed by atoms with E-state index in [-0.39, 0.29) is 22.6 Å². The van der Waals surface area contributed by atoms with Gasteiger partial charge >= 0.3 is 10.1 Å². The van der Waals surface area contributed by atoms with Crippen molar-refractivity contribution in [1.29, 1.82) is 0 Å². The summed E-state index contributed by atoms with van der Waals surface area (Å²) in [5, 5.41) is 0. The van der Waals surface area contributed by atoms with Gasteiger partial charge in [-0.3, -0.25) is 4.79 Å². The molecular formula is C21H26FNO4S. The molecule has 1 amide bonds. The average Bonchev–Trinajstić information content (AvgIpc) is 2.67. The first-order valence-electron chi connectivity index (χ1n) is 9.35. The number of halogens is 1. The molecule has 0 fully saturated rings. The molecule has 0 heterocycles. The van der Waals surface area contributed by atoms with Gasteiger partial charge in [-0.15, -0.1) is 0 Å². The first kappa shape index (κ1) is 21.9. The fraction of sp³-hybridized carbons (Fsp3) is 0.381. The highest BCUT2D eigenvalue weighted by molar-refractivity contribution is 7.87. The standard InChI is InChI=1S/C21H26FNO4S/c1-4-6-21(24)23(16(3)5-2)15-17-7-11-19(12-8-17)27-28(25,26)20-13-9-18(22)10-14-20/h7-14,16H,4-6,15H2,1-3H3. The van der Waals surface area contributed by atoms with Crippen molar-refractivity contribution in [2.75, 3.05) is 0 Å². The van der Waals surface area contributed by atoms with Gasteiger partial charge in [0, 0.05) is 19.0 Å². The van der Waals surface area contributed by atoms with Crippen LogP contribution in [0.5, 0.6) is 5.75 Å². The summed E-state index contributed by atoms with van der Waals surface area (Å²) in [4.78, 5) is 14.1. The Labute approximate surface area is 166 Å². The number of benzene rings is 2. The lowest BCUT2D eigenvalue weighted by molar-refractivity contribution is -0.134. The van der Waals surface area contributed by atoms with Crippen LogP contribution in [-0.2, 0) is 21.5 Å². The fourth-order valence-corrected chi connectivity index (χ4v) is 3.62. The highest BCUT2D eigenvalue weighted by atomic mass is 32.2. The molecule has 1 atom stereocenters. The molecule has 0 saturated heterocycles. The Balaban J connectivity index is 2.11. The molecule has 2 rings (SSSR count). The van der Waals surface area contributed by atoms with Crippen LogP contribution in [0, 0.1) is 5.82 Å². The first-order chi connectivity index (χ1) is 13.3. The van der Waals surface area contributed by atoms with Gasteiger partial charge < -0.3 is 9.08 Å². The van der Waals surface area contributed by atoms with E-state index < -0.39 is 15.9 Å². The van der Waals surface area contributed by atoms with Gasteiger partial charge in [0.1, 0.15) is 16.5 Å². The minimum Gasteiger partial charge on any atom is -0.379 e. The Hall–Kier alpha value is -2.41. The van der Waals surface area contributed by atoms with Crippen LogP contribution >= 0.6 is 0 Å². The third-order valence-corrected chi connectivity index (χ3v) is 5.75. The smallest absolute Gasteiger partial charge is 0.339 e. The summed E-state index contributed by atoms with van der Waals surface area (Å²) in [6, 6.07) is 11.1. The van der Waals surface area contributed by atoms with Crippen molar-refractivity contribution < 1.29 is 21.8 Å². The molecule has 0 aliphatic rings. The van der Waals surface area contributed by atoms with Gasteiger partial charge in [0.2, 0.25) is 5.91 Å². The Morgan fingerprint density at radius 3 is 2.21 bits per heavy atom. The Morgan fingerprint density at radius 2 is 1.68 bits per heavy atom. The molecule has 2 aromatic carbocycles. The summed E-state index contributed by atoms with van der Waals surface area (Å²) >= 11 is 0. The van der Waals surface area contributed by atoms with Crippen molar-refractivity contribution >= 4 is 16.0 Å². The van der Waals surface area contributed by atoms with Crippen molar-refractivity contribution in [2.24, 2.45) is 0 Å². The van der Waals surface area contributed by atoms with E-state index in [1.165, 1.54) is 0 Å². The molecule has 0 aromatic heterocycles. The summed E-state index contributed by atoms with van der Waals surface area (Å²) in [6.07, 6.45) is 2.15. The lowest BCUT2D eigenvalue weighted by atomic mass is 10.1. The van der Waals surface area contributed by atoms with Gasteiger partial charge in [0.25, 0.3) is 0 Å². The topological polar surface area (TPSA) is 63.7 Å². The lowest BCUT2D eigenvalue weighted by Gasteiger charge is -2.29. The van der Waals surface area contributed by atoms with Gasteiger partial charge in [-0.25, -0.2) is 4.39 Å². The predicted molar refractivity (Wildman–Crippen MR) is 106 cm³/mol. The number of amides is 1. The maximum Gasteiger partial charge on any atom is 0.339 e. The highest BCUT2D eigenvalue weighted by Crippen LogP contribution is 2.21. The van der Waals surface area contributed by atoms with Crippen molar-refractivity contribution in [2.45, 2.75) is 57.5 Å². The Bertz CT molecular complexity index is 880. The second-order valence-electron chi connectivity index (χ2n) is 6.66. The molecule has 0 aliphatic heterocycles. The van der Waals surface area contributed by atoms with Crippen LogP contribution in [0.25, 0.3) is 0 Å². The average molecular weight is 408 g/mol. The zero-order valence-electron chi connectivity index (χ0n) is 16.4. The van der Waals surface area contributed by atoms with Gasteiger partial charge in [-0.1, -0.05) is 26.0 Å². The summed E-state index contributed by atoms with van der Waals surface area (Å²) in [5.74, 6) is -0.258. The molecule has 2 aromatic rings. The normalized spacial score (nSPS) is 12.4. The number of carbonyl (C=O) groups is 1. The molecule has 0 bridgehead atoms. The van der Waals surface area contributed by atoms with Crippen molar-refractivity contribution in [1.82, 2.24) is 4.90 Å². The third-order valence-electron chi connectivity index (χ3n) is 4.49. The molecule has 0 aliphatic carbocycles. The van der Waals surface area contributed by atoms with Crippen LogP contribution in [0.4, 0.5) is 4.39 Å². The number of carbonyl (C=O) groups excluding carboxylic acids is 1. The van der Waals surface area contributed by atoms with Gasteiger partial charge in [-0.2, -0.15) is 8.42 Å². The second-order valence-corrected chi connectivity index (χ2v) is 8.21. The zero-order chi connectivity index (χ0) is 20.7. The zero-order valence-corrected chi connectivity index (χ0v) is 17.2. The molecule has 0 saturated carbocycles. The number of rotatable bonds is 9. The fourth-order valence-electron chi connectivity index (χ4n) is 2.69. The van der Waals surface area contributed by atoms with Crippen LogP contribution in [0.2, 0.25) is 0 Å². The van der Waals surface area contributed by atoms with E-state index >= 15 is 0 Å². The predicted octanol–water partition coefficient (Wildman–Crippen LogP) is 4.52. The molecule has 1 unspecified atom stereocenters. The number of hydrogen-bond donors (Lipinski definition) is 0. The van der Waals surface area contributed by atoms with E-state index in [1.807, 2.05) is 25.7 Å².